The quantitative estimate of drug-likeness (QED) is 0.686. The van der Waals surface area contributed by atoms with E-state index in [-0.39, 0.29) is 0 Å². The summed E-state index contributed by atoms with van der Waals surface area (Å²) in [5, 5.41) is 3.89. The molecule has 4 rings (SSSR count). The Labute approximate surface area is 137 Å². The van der Waals surface area contributed by atoms with Crippen LogP contribution in [0.25, 0.3) is 16.5 Å². The second-order valence-electron chi connectivity index (χ2n) is 5.26. The third-order valence-electron chi connectivity index (χ3n) is 3.92. The van der Waals surface area contributed by atoms with E-state index in [4.69, 9.17) is 11.6 Å². The summed E-state index contributed by atoms with van der Waals surface area (Å²) in [6, 6.07) is 10.1. The molecular formula is C17H14ClN3S. The molecule has 0 N–H and O–H groups in total. The lowest BCUT2D eigenvalue weighted by Gasteiger charge is -2.28. The summed E-state index contributed by atoms with van der Waals surface area (Å²) in [5.74, 6) is 0.989. The molecule has 0 saturated carbocycles. The van der Waals surface area contributed by atoms with Gasteiger partial charge >= 0.3 is 0 Å². The highest BCUT2D eigenvalue weighted by Gasteiger charge is 2.17. The monoisotopic (exact) mass is 327 g/mol. The van der Waals surface area contributed by atoms with Gasteiger partial charge in [0.2, 0.25) is 0 Å². The van der Waals surface area contributed by atoms with Gasteiger partial charge in [-0.25, -0.2) is 9.97 Å². The first-order chi connectivity index (χ1) is 10.8. The maximum Gasteiger partial charge on any atom is 0.140 e. The molecule has 1 aliphatic rings. The van der Waals surface area contributed by atoms with Crippen molar-refractivity contribution in [2.75, 3.05) is 18.0 Å². The zero-order chi connectivity index (χ0) is 14.9. The maximum atomic E-state index is 6.05. The minimum atomic E-state index is 0.704. The van der Waals surface area contributed by atoms with Crippen LogP contribution in [0.5, 0.6) is 0 Å². The molecule has 110 valence electrons. The van der Waals surface area contributed by atoms with Crippen LogP contribution >= 0.6 is 22.9 Å². The van der Waals surface area contributed by atoms with Crippen LogP contribution in [-0.4, -0.2) is 23.1 Å². The van der Waals surface area contributed by atoms with Crippen LogP contribution in [-0.2, 0) is 0 Å². The zero-order valence-corrected chi connectivity index (χ0v) is 13.4. The van der Waals surface area contributed by atoms with Crippen molar-refractivity contribution >= 4 is 45.2 Å². The lowest BCUT2D eigenvalue weighted by molar-refractivity contribution is 0.820. The van der Waals surface area contributed by atoms with E-state index in [1.807, 2.05) is 18.2 Å². The van der Waals surface area contributed by atoms with E-state index in [9.17, 15) is 0 Å². The summed E-state index contributed by atoms with van der Waals surface area (Å²) in [5.41, 5.74) is 2.33. The van der Waals surface area contributed by atoms with Crippen molar-refractivity contribution < 1.29 is 0 Å². The van der Waals surface area contributed by atoms with E-state index in [1.165, 1.54) is 10.5 Å². The second-order valence-corrected chi connectivity index (χ2v) is 6.65. The smallest absolute Gasteiger partial charge is 0.140 e. The summed E-state index contributed by atoms with van der Waals surface area (Å²) in [6.45, 7) is 1.85. The first-order valence-corrected chi connectivity index (χ1v) is 8.45. The Hall–Kier alpha value is -1.91. The number of hydrogen-bond donors (Lipinski definition) is 0. The van der Waals surface area contributed by atoms with Gasteiger partial charge in [0.15, 0.2) is 0 Å². The molecule has 22 heavy (non-hydrogen) atoms. The Balaban J connectivity index is 1.67. The van der Waals surface area contributed by atoms with Crippen molar-refractivity contribution in [2.24, 2.45) is 0 Å². The maximum absolute atomic E-state index is 6.05. The molecule has 5 heteroatoms. The molecular weight excluding hydrogens is 314 g/mol. The Bertz CT molecular complexity index is 842. The number of hydrogen-bond acceptors (Lipinski definition) is 4. The van der Waals surface area contributed by atoms with E-state index in [2.05, 4.69) is 38.5 Å². The fourth-order valence-corrected chi connectivity index (χ4v) is 3.78. The third kappa shape index (κ3) is 2.49. The lowest BCUT2D eigenvalue weighted by atomic mass is 10.1. The van der Waals surface area contributed by atoms with Gasteiger partial charge in [0.1, 0.15) is 12.1 Å². The number of thiophene rings is 1. The van der Waals surface area contributed by atoms with Crippen LogP contribution in [0.4, 0.5) is 5.82 Å². The van der Waals surface area contributed by atoms with Crippen LogP contribution in [0.2, 0.25) is 5.02 Å². The van der Waals surface area contributed by atoms with E-state index in [1.54, 1.807) is 17.7 Å². The van der Waals surface area contributed by atoms with Crippen LogP contribution in [0.15, 0.2) is 48.1 Å². The molecule has 1 aliphatic heterocycles. The second kappa shape index (κ2) is 5.71. The Morgan fingerprint density at radius 1 is 1.18 bits per heavy atom. The highest BCUT2D eigenvalue weighted by atomic mass is 35.5. The van der Waals surface area contributed by atoms with Crippen LogP contribution < -0.4 is 4.90 Å². The van der Waals surface area contributed by atoms with Crippen molar-refractivity contribution in [2.45, 2.75) is 6.42 Å². The van der Waals surface area contributed by atoms with Crippen molar-refractivity contribution in [3.05, 3.63) is 58.0 Å². The lowest BCUT2D eigenvalue weighted by Crippen LogP contribution is -2.29. The average Bonchev–Trinajstić information content (AvgIpc) is 3.09. The average molecular weight is 328 g/mol. The van der Waals surface area contributed by atoms with Gasteiger partial charge in [0.25, 0.3) is 0 Å². The first-order valence-electron chi connectivity index (χ1n) is 7.19. The van der Waals surface area contributed by atoms with Crippen molar-refractivity contribution in [1.29, 1.82) is 0 Å². The van der Waals surface area contributed by atoms with Crippen LogP contribution in [0.3, 0.4) is 0 Å². The highest BCUT2D eigenvalue weighted by Crippen LogP contribution is 2.30. The third-order valence-corrected chi connectivity index (χ3v) is 5.10. The van der Waals surface area contributed by atoms with Gasteiger partial charge < -0.3 is 4.90 Å². The number of benzene rings is 1. The van der Waals surface area contributed by atoms with Gasteiger partial charge in [0.05, 0.1) is 5.52 Å². The highest BCUT2D eigenvalue weighted by molar-refractivity contribution is 7.11. The van der Waals surface area contributed by atoms with Crippen molar-refractivity contribution in [1.82, 2.24) is 9.97 Å². The van der Waals surface area contributed by atoms with E-state index in [0.717, 1.165) is 36.2 Å². The minimum Gasteiger partial charge on any atom is -0.352 e. The fraction of sp³-hybridized carbons (Fsp3) is 0.176. The molecule has 0 fully saturated rings. The normalized spacial score (nSPS) is 15.1. The molecule has 3 nitrogen and oxygen atoms in total. The Kier molecular flexibility index (Phi) is 3.56. The molecule has 1 aromatic carbocycles. The molecule has 0 amide bonds. The van der Waals surface area contributed by atoms with Gasteiger partial charge in [-0.05, 0) is 41.6 Å². The molecule has 0 bridgehead atoms. The molecule has 2 aromatic heterocycles. The molecule has 0 unspecified atom stereocenters. The summed E-state index contributed by atoms with van der Waals surface area (Å²) < 4.78 is 0. The van der Waals surface area contributed by atoms with Crippen molar-refractivity contribution in [3.63, 3.8) is 0 Å². The van der Waals surface area contributed by atoms with E-state index in [0.29, 0.717) is 5.02 Å². The minimum absolute atomic E-state index is 0.704. The molecule has 0 atom stereocenters. The molecule has 3 aromatic rings. The number of rotatable bonds is 2. The molecule has 3 heterocycles. The number of halogens is 1. The predicted molar refractivity (Wildman–Crippen MR) is 93.7 cm³/mol. The molecule has 0 aliphatic carbocycles. The summed E-state index contributed by atoms with van der Waals surface area (Å²) >= 11 is 7.85. The van der Waals surface area contributed by atoms with E-state index < -0.39 is 0 Å². The number of anilines is 1. The molecule has 0 spiro atoms. The fourth-order valence-electron chi connectivity index (χ4n) is 2.81. The van der Waals surface area contributed by atoms with E-state index >= 15 is 0 Å². The van der Waals surface area contributed by atoms with Crippen LogP contribution in [0.1, 0.15) is 11.3 Å². The molecule has 0 saturated heterocycles. The summed E-state index contributed by atoms with van der Waals surface area (Å²) in [4.78, 5) is 12.5. The Morgan fingerprint density at radius 2 is 2.14 bits per heavy atom. The van der Waals surface area contributed by atoms with Gasteiger partial charge in [0, 0.05) is 28.4 Å². The largest absolute Gasteiger partial charge is 0.352 e. The standard InChI is InChI=1S/C17H14ClN3S/c18-13-3-4-14-15(10-13)19-11-20-17(14)21-7-5-12(6-8-21)16-2-1-9-22-16/h1-5,9-11H,6-8H2. The van der Waals surface area contributed by atoms with Crippen LogP contribution in [0, 0.1) is 0 Å². The van der Waals surface area contributed by atoms with Gasteiger partial charge in [-0.1, -0.05) is 23.7 Å². The Morgan fingerprint density at radius 3 is 2.91 bits per heavy atom. The van der Waals surface area contributed by atoms with Gasteiger partial charge in [-0.2, -0.15) is 0 Å². The van der Waals surface area contributed by atoms with Gasteiger partial charge in [-0.15, -0.1) is 11.3 Å². The summed E-state index contributed by atoms with van der Waals surface area (Å²) in [6.07, 6.45) is 4.96. The number of aromatic nitrogens is 2. The number of nitrogens with zero attached hydrogens (tertiary/aromatic N) is 3. The molecule has 0 radical (unpaired) electrons. The number of fused-ring (bicyclic) bond motifs is 1. The zero-order valence-electron chi connectivity index (χ0n) is 11.9. The first kappa shape index (κ1) is 13.7. The SMILES string of the molecule is Clc1ccc2c(N3CC=C(c4cccs4)CC3)ncnc2c1. The van der Waals surface area contributed by atoms with Gasteiger partial charge in [-0.3, -0.25) is 0 Å². The summed E-state index contributed by atoms with van der Waals surface area (Å²) in [7, 11) is 0. The predicted octanol–water partition coefficient (Wildman–Crippen LogP) is 4.64. The topological polar surface area (TPSA) is 29.0 Å². The van der Waals surface area contributed by atoms with Crippen molar-refractivity contribution in [3.8, 4) is 0 Å².